The molecule has 0 unspecified atom stereocenters. The number of hydrogen-bond acceptors (Lipinski definition) is 3. The van der Waals surface area contributed by atoms with Crippen molar-refractivity contribution in [1.82, 2.24) is 15.1 Å². The second-order valence-electron chi connectivity index (χ2n) is 6.16. The number of anilines is 1. The second-order valence-corrected chi connectivity index (χ2v) is 6.57. The Labute approximate surface area is 155 Å². The maximum Gasteiger partial charge on any atom is 0.319 e. The number of nitrogens with zero attached hydrogens (tertiary/aromatic N) is 2. The predicted molar refractivity (Wildman–Crippen MR) is 99.6 cm³/mol. The summed E-state index contributed by atoms with van der Waals surface area (Å²) < 4.78 is 1.65. The molecule has 3 N–H and O–H groups in total. The minimum absolute atomic E-state index is 0.395. The molecule has 2 amide bonds. The average Bonchev–Trinajstić information content (AvgIpc) is 3.24. The van der Waals surface area contributed by atoms with Gasteiger partial charge >= 0.3 is 6.03 Å². The summed E-state index contributed by atoms with van der Waals surface area (Å²) in [6.45, 7) is 0. The predicted octanol–water partition coefficient (Wildman–Crippen LogP) is 3.31. The Bertz CT molecular complexity index is 942. The smallest absolute Gasteiger partial charge is 0.319 e. The lowest BCUT2D eigenvalue weighted by molar-refractivity contribution is 0.144. The van der Waals surface area contributed by atoms with Crippen molar-refractivity contribution in [3.63, 3.8) is 0 Å². The molecule has 0 radical (unpaired) electrons. The number of benzene rings is 2. The highest BCUT2D eigenvalue weighted by Crippen LogP contribution is 2.31. The summed E-state index contributed by atoms with van der Waals surface area (Å²) in [4.78, 5) is 12.4. The monoisotopic (exact) mass is 368 g/mol. The summed E-state index contributed by atoms with van der Waals surface area (Å²) in [5, 5.41) is 20.4. The molecule has 2 aromatic carbocycles. The van der Waals surface area contributed by atoms with Crippen molar-refractivity contribution in [2.75, 3.05) is 5.32 Å². The van der Waals surface area contributed by atoms with Gasteiger partial charge in [0.15, 0.2) is 0 Å². The molecule has 1 aromatic heterocycles. The van der Waals surface area contributed by atoms with E-state index in [1.54, 1.807) is 41.3 Å². The van der Waals surface area contributed by atoms with E-state index < -0.39 is 18.2 Å². The number of carbonyl (C=O) groups excluding carboxylic acids is 1. The van der Waals surface area contributed by atoms with E-state index in [0.717, 1.165) is 16.8 Å². The SMILES string of the molecule is O=C(Nc1ccc(-n2cccn2)c(Cl)c1)N[C@H]1c2ccccc2C[C@H]1O. The summed E-state index contributed by atoms with van der Waals surface area (Å²) in [6.07, 6.45) is 3.36. The van der Waals surface area contributed by atoms with Crippen molar-refractivity contribution in [3.8, 4) is 5.69 Å². The van der Waals surface area contributed by atoms with Crippen LogP contribution in [0.2, 0.25) is 5.02 Å². The number of nitrogens with one attached hydrogen (secondary N) is 2. The molecule has 7 heteroatoms. The third-order valence-electron chi connectivity index (χ3n) is 4.45. The normalized spacial score (nSPS) is 18.4. The topological polar surface area (TPSA) is 79.2 Å². The van der Waals surface area contributed by atoms with E-state index in [1.165, 1.54) is 0 Å². The number of aromatic nitrogens is 2. The van der Waals surface area contributed by atoms with Crippen LogP contribution in [0.25, 0.3) is 5.69 Å². The first-order valence-electron chi connectivity index (χ1n) is 8.25. The zero-order valence-corrected chi connectivity index (χ0v) is 14.5. The Morgan fingerprint density at radius 1 is 1.23 bits per heavy atom. The highest BCUT2D eigenvalue weighted by atomic mass is 35.5. The molecule has 0 fully saturated rings. The third-order valence-corrected chi connectivity index (χ3v) is 4.75. The van der Waals surface area contributed by atoms with Crippen LogP contribution in [0, 0.1) is 0 Å². The zero-order valence-electron chi connectivity index (χ0n) is 13.8. The Kier molecular flexibility index (Phi) is 4.36. The largest absolute Gasteiger partial charge is 0.390 e. The molecule has 1 aliphatic rings. The summed E-state index contributed by atoms with van der Waals surface area (Å²) in [5.41, 5.74) is 3.28. The fraction of sp³-hybridized carbons (Fsp3) is 0.158. The fourth-order valence-corrected chi connectivity index (χ4v) is 3.51. The molecule has 4 rings (SSSR count). The number of amides is 2. The van der Waals surface area contributed by atoms with Crippen LogP contribution in [0.1, 0.15) is 17.2 Å². The van der Waals surface area contributed by atoms with Gasteiger partial charge in [0, 0.05) is 24.5 Å². The number of urea groups is 1. The second kappa shape index (κ2) is 6.82. The highest BCUT2D eigenvalue weighted by Gasteiger charge is 2.31. The van der Waals surface area contributed by atoms with Gasteiger partial charge in [-0.2, -0.15) is 5.10 Å². The van der Waals surface area contributed by atoms with Crippen LogP contribution in [0.4, 0.5) is 10.5 Å². The number of fused-ring (bicyclic) bond motifs is 1. The van der Waals surface area contributed by atoms with Crippen LogP contribution < -0.4 is 10.6 Å². The van der Waals surface area contributed by atoms with E-state index in [9.17, 15) is 9.90 Å². The number of halogens is 1. The van der Waals surface area contributed by atoms with Crippen LogP contribution in [0.3, 0.4) is 0 Å². The minimum atomic E-state index is -0.635. The van der Waals surface area contributed by atoms with E-state index in [0.29, 0.717) is 17.1 Å². The summed E-state index contributed by atoms with van der Waals surface area (Å²) >= 11 is 6.29. The van der Waals surface area contributed by atoms with Gasteiger partial charge < -0.3 is 15.7 Å². The van der Waals surface area contributed by atoms with Crippen molar-refractivity contribution >= 4 is 23.3 Å². The molecule has 0 spiro atoms. The van der Waals surface area contributed by atoms with Crippen molar-refractivity contribution in [2.24, 2.45) is 0 Å². The molecule has 0 aliphatic heterocycles. The minimum Gasteiger partial charge on any atom is -0.390 e. The zero-order chi connectivity index (χ0) is 18.1. The average molecular weight is 369 g/mol. The summed E-state index contributed by atoms with van der Waals surface area (Å²) in [6, 6.07) is 13.9. The molecule has 0 saturated carbocycles. The van der Waals surface area contributed by atoms with Crippen LogP contribution >= 0.6 is 11.6 Å². The summed E-state index contributed by atoms with van der Waals surface area (Å²) in [5.74, 6) is 0. The van der Waals surface area contributed by atoms with Crippen molar-refractivity contribution in [1.29, 1.82) is 0 Å². The first-order chi connectivity index (χ1) is 12.6. The number of hydrogen-bond donors (Lipinski definition) is 3. The van der Waals surface area contributed by atoms with Gasteiger partial charge in [0.05, 0.1) is 22.9 Å². The first kappa shape index (κ1) is 16.6. The molecule has 3 aromatic rings. The van der Waals surface area contributed by atoms with Crippen LogP contribution in [-0.4, -0.2) is 27.0 Å². The van der Waals surface area contributed by atoms with Gasteiger partial charge in [-0.1, -0.05) is 35.9 Å². The van der Waals surface area contributed by atoms with Crippen LogP contribution in [-0.2, 0) is 6.42 Å². The molecule has 1 heterocycles. The maximum absolute atomic E-state index is 12.4. The lowest BCUT2D eigenvalue weighted by atomic mass is 10.1. The van der Waals surface area contributed by atoms with Gasteiger partial charge in [0.2, 0.25) is 0 Å². The standard InChI is InChI=1S/C19H17ClN4O2/c20-15-11-13(6-7-16(15)24-9-3-8-21-24)22-19(26)23-18-14-5-2-1-4-12(14)10-17(18)25/h1-9,11,17-18,25H,10H2,(H2,22,23,26)/t17-,18+/m1/s1. The van der Waals surface area contributed by atoms with Crippen molar-refractivity contribution in [2.45, 2.75) is 18.6 Å². The Morgan fingerprint density at radius 3 is 2.85 bits per heavy atom. The van der Waals surface area contributed by atoms with Gasteiger partial charge in [0.25, 0.3) is 0 Å². The molecule has 0 bridgehead atoms. The van der Waals surface area contributed by atoms with E-state index in [-0.39, 0.29) is 0 Å². The number of aliphatic hydroxyl groups is 1. The first-order valence-corrected chi connectivity index (χ1v) is 8.62. The van der Waals surface area contributed by atoms with E-state index in [4.69, 9.17) is 11.6 Å². The van der Waals surface area contributed by atoms with Crippen molar-refractivity contribution in [3.05, 3.63) is 77.1 Å². The van der Waals surface area contributed by atoms with Gasteiger partial charge in [-0.05, 0) is 35.4 Å². The quantitative estimate of drug-likeness (QED) is 0.663. The van der Waals surface area contributed by atoms with E-state index >= 15 is 0 Å². The Hall–Kier alpha value is -2.83. The molecule has 2 atom stereocenters. The molecule has 132 valence electrons. The van der Waals surface area contributed by atoms with Crippen LogP contribution in [0.5, 0.6) is 0 Å². The molecular formula is C19H17ClN4O2. The summed E-state index contributed by atoms with van der Waals surface area (Å²) in [7, 11) is 0. The van der Waals surface area contributed by atoms with Crippen molar-refractivity contribution < 1.29 is 9.90 Å². The lowest BCUT2D eigenvalue weighted by Crippen LogP contribution is -2.36. The lowest BCUT2D eigenvalue weighted by Gasteiger charge is -2.18. The third kappa shape index (κ3) is 3.16. The van der Waals surface area contributed by atoms with Gasteiger partial charge in [-0.3, -0.25) is 0 Å². The van der Waals surface area contributed by atoms with E-state index in [1.807, 2.05) is 24.3 Å². The Morgan fingerprint density at radius 2 is 2.08 bits per heavy atom. The van der Waals surface area contributed by atoms with Crippen LogP contribution in [0.15, 0.2) is 60.9 Å². The Balaban J connectivity index is 1.46. The van der Waals surface area contributed by atoms with E-state index in [2.05, 4.69) is 15.7 Å². The van der Waals surface area contributed by atoms with Gasteiger partial charge in [-0.15, -0.1) is 0 Å². The fourth-order valence-electron chi connectivity index (χ4n) is 3.24. The van der Waals surface area contributed by atoms with Gasteiger partial charge in [0.1, 0.15) is 0 Å². The number of rotatable bonds is 3. The molecule has 6 nitrogen and oxygen atoms in total. The molecule has 0 saturated heterocycles. The highest BCUT2D eigenvalue weighted by molar-refractivity contribution is 6.32. The maximum atomic E-state index is 12.4. The number of aliphatic hydroxyl groups excluding tert-OH is 1. The molecular weight excluding hydrogens is 352 g/mol. The molecule has 26 heavy (non-hydrogen) atoms. The number of carbonyl (C=O) groups is 1. The molecule has 1 aliphatic carbocycles. The van der Waals surface area contributed by atoms with Gasteiger partial charge in [-0.25, -0.2) is 9.48 Å².